The van der Waals surface area contributed by atoms with E-state index in [1.165, 1.54) is 0 Å². The molecule has 0 saturated carbocycles. The van der Waals surface area contributed by atoms with E-state index >= 15 is 0 Å². The van der Waals surface area contributed by atoms with E-state index in [-0.39, 0.29) is 12.0 Å². The number of carbonyl (C=O) groups excluding carboxylic acids is 1. The molecule has 3 heteroatoms. The molecule has 0 saturated heterocycles. The van der Waals surface area contributed by atoms with Gasteiger partial charge in [-0.2, -0.15) is 0 Å². The van der Waals surface area contributed by atoms with Crippen molar-refractivity contribution >= 4 is 5.97 Å². The molecule has 0 aliphatic rings. The first kappa shape index (κ1) is 14.4. The Kier molecular flexibility index (Phi) is 5.88. The minimum absolute atomic E-state index is 0.175. The minimum Gasteiger partial charge on any atom is -0.459 e. The second-order valence-corrected chi connectivity index (χ2v) is 5.39. The predicted molar refractivity (Wildman–Crippen MR) is 62.8 cm³/mol. The Labute approximate surface area is 93.6 Å². The van der Waals surface area contributed by atoms with Crippen LogP contribution in [0.25, 0.3) is 0 Å². The highest BCUT2D eigenvalue weighted by molar-refractivity contribution is 5.75. The number of hydrogen-bond donors (Lipinski definition) is 1. The van der Waals surface area contributed by atoms with Crippen LogP contribution in [0.2, 0.25) is 0 Å². The van der Waals surface area contributed by atoms with Gasteiger partial charge < -0.3 is 10.1 Å². The van der Waals surface area contributed by atoms with Gasteiger partial charge in [0.05, 0.1) is 0 Å². The van der Waals surface area contributed by atoms with E-state index in [2.05, 4.69) is 19.2 Å². The zero-order chi connectivity index (χ0) is 12.1. The van der Waals surface area contributed by atoms with Crippen molar-refractivity contribution in [3.8, 4) is 0 Å². The fourth-order valence-electron chi connectivity index (χ4n) is 1.06. The summed E-state index contributed by atoms with van der Waals surface area (Å²) in [6.45, 7) is 12.7. The number of hydrogen-bond acceptors (Lipinski definition) is 3. The average molecular weight is 215 g/mol. The summed E-state index contributed by atoms with van der Waals surface area (Å²) < 4.78 is 5.26. The van der Waals surface area contributed by atoms with Gasteiger partial charge in [-0.05, 0) is 46.6 Å². The van der Waals surface area contributed by atoms with Crippen molar-refractivity contribution < 1.29 is 9.53 Å². The van der Waals surface area contributed by atoms with Gasteiger partial charge in [0.15, 0.2) is 0 Å². The molecule has 0 spiro atoms. The standard InChI is InChI=1S/C12H25NO2/c1-9(2)7-8-13-10(3)11(14)15-12(4,5)6/h9-10,13H,7-8H2,1-6H3. The summed E-state index contributed by atoms with van der Waals surface area (Å²) in [5.41, 5.74) is -0.398. The fraction of sp³-hybridized carbons (Fsp3) is 0.917. The molecular formula is C12H25NO2. The van der Waals surface area contributed by atoms with Crippen molar-refractivity contribution in [3.05, 3.63) is 0 Å². The van der Waals surface area contributed by atoms with Gasteiger partial charge in [-0.15, -0.1) is 0 Å². The van der Waals surface area contributed by atoms with E-state index in [1.54, 1.807) is 0 Å². The molecule has 15 heavy (non-hydrogen) atoms. The zero-order valence-corrected chi connectivity index (χ0v) is 10.9. The van der Waals surface area contributed by atoms with Crippen molar-refractivity contribution in [3.63, 3.8) is 0 Å². The summed E-state index contributed by atoms with van der Waals surface area (Å²) in [5, 5.41) is 3.16. The van der Waals surface area contributed by atoms with Gasteiger partial charge in [-0.25, -0.2) is 0 Å². The summed E-state index contributed by atoms with van der Waals surface area (Å²) in [7, 11) is 0. The first-order valence-electron chi connectivity index (χ1n) is 5.68. The summed E-state index contributed by atoms with van der Waals surface area (Å²) in [6, 6.07) is -0.219. The Morgan fingerprint density at radius 1 is 1.27 bits per heavy atom. The summed E-state index contributed by atoms with van der Waals surface area (Å²) in [4.78, 5) is 11.5. The van der Waals surface area contributed by atoms with Gasteiger partial charge in [0.25, 0.3) is 0 Å². The SMILES string of the molecule is CC(C)CCNC(C)C(=O)OC(C)(C)C. The molecule has 1 atom stereocenters. The van der Waals surface area contributed by atoms with Gasteiger partial charge in [-0.3, -0.25) is 4.79 Å². The van der Waals surface area contributed by atoms with Crippen LogP contribution in [0.1, 0.15) is 48.0 Å². The number of rotatable bonds is 5. The van der Waals surface area contributed by atoms with E-state index in [0.29, 0.717) is 5.92 Å². The Hall–Kier alpha value is -0.570. The largest absolute Gasteiger partial charge is 0.459 e. The maximum absolute atomic E-state index is 11.5. The Bertz CT molecular complexity index is 194. The number of nitrogens with one attached hydrogen (secondary N) is 1. The zero-order valence-electron chi connectivity index (χ0n) is 10.9. The lowest BCUT2D eigenvalue weighted by molar-refractivity contribution is -0.156. The van der Waals surface area contributed by atoms with Gasteiger partial charge in [0.2, 0.25) is 0 Å². The molecule has 0 aromatic carbocycles. The third kappa shape index (κ3) is 8.43. The lowest BCUT2D eigenvalue weighted by atomic mass is 10.1. The molecule has 0 heterocycles. The maximum atomic E-state index is 11.5. The topological polar surface area (TPSA) is 38.3 Å². The van der Waals surface area contributed by atoms with Crippen molar-refractivity contribution in [2.45, 2.75) is 59.6 Å². The Morgan fingerprint density at radius 2 is 1.80 bits per heavy atom. The molecule has 0 aliphatic heterocycles. The van der Waals surface area contributed by atoms with E-state index in [4.69, 9.17) is 4.74 Å². The molecule has 1 unspecified atom stereocenters. The summed E-state index contributed by atoms with van der Waals surface area (Å²) >= 11 is 0. The van der Waals surface area contributed by atoms with Crippen molar-refractivity contribution in [1.29, 1.82) is 0 Å². The first-order chi connectivity index (χ1) is 6.72. The second-order valence-electron chi connectivity index (χ2n) is 5.39. The predicted octanol–water partition coefficient (Wildman–Crippen LogP) is 2.35. The molecule has 0 amide bonds. The molecule has 0 aromatic heterocycles. The number of esters is 1. The van der Waals surface area contributed by atoms with Crippen molar-refractivity contribution in [1.82, 2.24) is 5.32 Å². The van der Waals surface area contributed by atoms with Crippen LogP contribution in [0.15, 0.2) is 0 Å². The maximum Gasteiger partial charge on any atom is 0.323 e. The van der Waals surface area contributed by atoms with Gasteiger partial charge in [-0.1, -0.05) is 13.8 Å². The van der Waals surface area contributed by atoms with Crippen LogP contribution in [-0.4, -0.2) is 24.2 Å². The van der Waals surface area contributed by atoms with Crippen LogP contribution in [0.4, 0.5) is 0 Å². The highest BCUT2D eigenvalue weighted by Gasteiger charge is 2.20. The Morgan fingerprint density at radius 3 is 2.20 bits per heavy atom. The van der Waals surface area contributed by atoms with Crippen LogP contribution in [0.5, 0.6) is 0 Å². The van der Waals surface area contributed by atoms with E-state index in [0.717, 1.165) is 13.0 Å². The molecular weight excluding hydrogens is 190 g/mol. The average Bonchev–Trinajstić information content (AvgIpc) is 1.99. The van der Waals surface area contributed by atoms with Gasteiger partial charge in [0.1, 0.15) is 11.6 Å². The summed E-state index contributed by atoms with van der Waals surface area (Å²) in [5.74, 6) is 0.481. The highest BCUT2D eigenvalue weighted by atomic mass is 16.6. The highest BCUT2D eigenvalue weighted by Crippen LogP contribution is 2.08. The summed E-state index contributed by atoms with van der Waals surface area (Å²) in [6.07, 6.45) is 1.08. The molecule has 90 valence electrons. The third-order valence-corrected chi connectivity index (χ3v) is 1.93. The van der Waals surface area contributed by atoms with Crippen LogP contribution in [-0.2, 0) is 9.53 Å². The molecule has 0 fully saturated rings. The molecule has 0 radical (unpaired) electrons. The Balaban J connectivity index is 3.80. The van der Waals surface area contributed by atoms with Crippen LogP contribution in [0, 0.1) is 5.92 Å². The van der Waals surface area contributed by atoms with Crippen LogP contribution in [0.3, 0.4) is 0 Å². The van der Waals surface area contributed by atoms with Crippen LogP contribution >= 0.6 is 0 Å². The monoisotopic (exact) mass is 215 g/mol. The molecule has 1 N–H and O–H groups in total. The molecule has 0 aromatic rings. The second kappa shape index (κ2) is 6.11. The van der Waals surface area contributed by atoms with Crippen molar-refractivity contribution in [2.24, 2.45) is 5.92 Å². The van der Waals surface area contributed by atoms with Crippen molar-refractivity contribution in [2.75, 3.05) is 6.54 Å². The first-order valence-corrected chi connectivity index (χ1v) is 5.68. The van der Waals surface area contributed by atoms with Gasteiger partial charge in [0, 0.05) is 0 Å². The minimum atomic E-state index is -0.398. The van der Waals surface area contributed by atoms with E-state index in [1.807, 2.05) is 27.7 Å². The number of ether oxygens (including phenoxy) is 1. The third-order valence-electron chi connectivity index (χ3n) is 1.93. The number of carbonyl (C=O) groups is 1. The quantitative estimate of drug-likeness (QED) is 0.715. The fourth-order valence-corrected chi connectivity index (χ4v) is 1.06. The molecule has 0 rings (SSSR count). The smallest absolute Gasteiger partial charge is 0.323 e. The lowest BCUT2D eigenvalue weighted by Crippen LogP contribution is -2.39. The van der Waals surface area contributed by atoms with Gasteiger partial charge >= 0.3 is 5.97 Å². The molecule has 0 aliphatic carbocycles. The lowest BCUT2D eigenvalue weighted by Gasteiger charge is -2.22. The molecule has 0 bridgehead atoms. The molecule has 3 nitrogen and oxygen atoms in total. The van der Waals surface area contributed by atoms with Crippen LogP contribution < -0.4 is 5.32 Å². The van der Waals surface area contributed by atoms with E-state index in [9.17, 15) is 4.79 Å². The normalized spacial score (nSPS) is 14.1. The van der Waals surface area contributed by atoms with E-state index < -0.39 is 5.60 Å².